The van der Waals surface area contributed by atoms with E-state index in [9.17, 15) is 0 Å². The average molecular weight is 759 g/mol. The number of benzene rings is 3. The van der Waals surface area contributed by atoms with Crippen LogP contribution in [0, 0.1) is 7.14 Å². The molecular weight excluding hydrogens is 737 g/mol. The maximum absolute atomic E-state index is 3.08. The maximum Gasteiger partial charge on any atom is 0 e. The molecule has 2 heteroatoms. The molecule has 3 aromatic rings. The van der Waals surface area contributed by atoms with E-state index in [4.69, 9.17) is 0 Å². The van der Waals surface area contributed by atoms with Gasteiger partial charge in [-0.05, 0) is 0 Å². The second kappa shape index (κ2) is 11.2. The first-order valence-corrected chi connectivity index (χ1v) is 12.1. The standard InChI is InChI=1S/C29H22I.Lr/c1-2-5-9-24(8-4-1)12-14-26-16-20-28(21-17-26)30-29-22-18-27(19-23-29)15-13-25-10-6-3-7-11-25;/h1,3-23H;/q-1;/b14-12+,15-13+;. The Labute approximate surface area is 189 Å². The summed E-state index contributed by atoms with van der Waals surface area (Å²) in [5, 5.41) is 0. The third-order valence-electron chi connectivity index (χ3n) is 4.55. The van der Waals surface area contributed by atoms with Gasteiger partial charge in [0.05, 0.1) is 0 Å². The molecule has 0 nitrogen and oxygen atoms in total. The minimum Gasteiger partial charge on any atom is 0 e. The molecule has 0 amide bonds. The van der Waals surface area contributed by atoms with Crippen LogP contribution in [0.5, 0.6) is 0 Å². The van der Waals surface area contributed by atoms with Crippen molar-refractivity contribution in [3.8, 4) is 0 Å². The van der Waals surface area contributed by atoms with E-state index in [0.717, 1.165) is 0 Å². The number of hydrogen-bond donors (Lipinski definition) is 0. The van der Waals surface area contributed by atoms with Crippen LogP contribution in [0.15, 0.2) is 127 Å². The largest absolute Gasteiger partial charge is 0 e. The summed E-state index contributed by atoms with van der Waals surface area (Å²) < 4.78 is 2.86. The van der Waals surface area contributed by atoms with Gasteiger partial charge >= 0.3 is 190 Å². The van der Waals surface area contributed by atoms with E-state index in [1.807, 2.05) is 24.3 Å². The zero-order valence-electron chi connectivity index (χ0n) is 16.8. The van der Waals surface area contributed by atoms with E-state index in [2.05, 4.69) is 115 Å². The minimum atomic E-state index is -0.166. The van der Waals surface area contributed by atoms with E-state index in [0.29, 0.717) is 0 Å². The molecule has 0 fully saturated rings. The summed E-state index contributed by atoms with van der Waals surface area (Å²) in [6.07, 6.45) is 18.6. The van der Waals surface area contributed by atoms with Gasteiger partial charge in [-0.25, -0.2) is 0 Å². The first kappa shape index (κ1) is 21.6. The third kappa shape index (κ3) is 6.71. The van der Waals surface area contributed by atoms with Crippen LogP contribution in [0.2, 0.25) is 0 Å². The van der Waals surface area contributed by atoms with Crippen molar-refractivity contribution in [1.82, 2.24) is 0 Å². The van der Waals surface area contributed by atoms with Gasteiger partial charge in [-0.2, -0.15) is 0 Å². The smallest absolute Gasteiger partial charge is 0 e. The molecule has 3 aromatic carbocycles. The van der Waals surface area contributed by atoms with Crippen LogP contribution in [0.3, 0.4) is 0 Å². The molecule has 0 atom stereocenters. The second-order valence-corrected chi connectivity index (χ2v) is 9.83. The van der Waals surface area contributed by atoms with Gasteiger partial charge < -0.3 is 0 Å². The first-order chi connectivity index (χ1) is 14.8. The van der Waals surface area contributed by atoms with E-state index >= 15 is 0 Å². The van der Waals surface area contributed by atoms with Crippen molar-refractivity contribution in [2.45, 2.75) is 0 Å². The zero-order chi connectivity index (χ0) is 20.4. The van der Waals surface area contributed by atoms with E-state index in [1.54, 1.807) is 0 Å². The Morgan fingerprint density at radius 2 is 1.13 bits per heavy atom. The van der Waals surface area contributed by atoms with Crippen LogP contribution in [-0.4, -0.2) is 0 Å². The molecular formula is C29H22ILr-. The monoisotopic (exact) mass is 759 g/mol. The predicted molar refractivity (Wildman–Crippen MR) is 125 cm³/mol. The van der Waals surface area contributed by atoms with E-state index < -0.39 is 0 Å². The molecule has 31 heavy (non-hydrogen) atoms. The van der Waals surface area contributed by atoms with Crippen LogP contribution in [-0.2, 0) is 0 Å². The Hall–Kier alpha value is -4.13. The topological polar surface area (TPSA) is 0 Å². The van der Waals surface area contributed by atoms with Gasteiger partial charge in [-0.1, -0.05) is 0 Å². The number of halogens is 1. The molecule has 0 bridgehead atoms. The molecule has 1 aliphatic carbocycles. The van der Waals surface area contributed by atoms with Crippen LogP contribution in [0.1, 0.15) is 16.7 Å². The SMILES string of the molecule is C1=CC=CC(/C=C/c2ccc([I-]c3ccc(/C=C/c4ccccc4)cc3)cc2)=CC=1.[Lr]. The van der Waals surface area contributed by atoms with Crippen LogP contribution in [0.4, 0.5) is 0 Å². The van der Waals surface area contributed by atoms with Crippen molar-refractivity contribution in [3.05, 3.63) is 150 Å². The Morgan fingerprint density at radius 3 is 1.74 bits per heavy atom. The van der Waals surface area contributed by atoms with Gasteiger partial charge in [-0.3, -0.25) is 0 Å². The molecule has 0 saturated carbocycles. The van der Waals surface area contributed by atoms with Gasteiger partial charge in [0.25, 0.3) is 0 Å². The minimum absolute atomic E-state index is 0. The van der Waals surface area contributed by atoms with E-state index in [-0.39, 0.29) is 21.2 Å². The average Bonchev–Trinajstić information content (AvgIpc) is 3.08. The molecule has 0 saturated heterocycles. The molecule has 161 valence electrons. The quantitative estimate of drug-likeness (QED) is 0.201. The molecule has 0 heterocycles. The molecule has 0 aromatic heterocycles. The Bertz CT molecular complexity index is 1160. The van der Waals surface area contributed by atoms with Crippen molar-refractivity contribution in [2.24, 2.45) is 0 Å². The molecule has 0 aliphatic heterocycles. The van der Waals surface area contributed by atoms with Gasteiger partial charge in [0.1, 0.15) is 0 Å². The zero-order valence-corrected chi connectivity index (χ0v) is 21.1. The fourth-order valence-electron chi connectivity index (χ4n) is 2.93. The molecule has 0 N–H and O–H groups in total. The summed E-state index contributed by atoms with van der Waals surface area (Å²) in [5.41, 5.74) is 7.93. The van der Waals surface area contributed by atoms with Gasteiger partial charge in [0, 0.05) is 0 Å². The van der Waals surface area contributed by atoms with Gasteiger partial charge in [0.2, 0.25) is 0 Å². The molecule has 1 radical (unpaired) electrons. The summed E-state index contributed by atoms with van der Waals surface area (Å²) in [5.74, 6) is 0. The normalized spacial score (nSPS) is 12.8. The van der Waals surface area contributed by atoms with Crippen molar-refractivity contribution < 1.29 is 21.2 Å². The Kier molecular flexibility index (Phi) is 7.77. The number of allylic oxidation sites excluding steroid dienone is 6. The fraction of sp³-hybridized carbons (Fsp3) is 0. The van der Waals surface area contributed by atoms with Crippen molar-refractivity contribution in [1.29, 1.82) is 0 Å². The third-order valence-corrected chi connectivity index (χ3v) is 7.23. The van der Waals surface area contributed by atoms with Crippen LogP contribution < -0.4 is 21.2 Å². The molecule has 1 aliphatic rings. The summed E-state index contributed by atoms with van der Waals surface area (Å²) >= 11 is -0.166. The van der Waals surface area contributed by atoms with E-state index in [1.165, 1.54) is 29.4 Å². The first-order valence-electron chi connectivity index (χ1n) is 9.91. The summed E-state index contributed by atoms with van der Waals surface area (Å²) in [6, 6.07) is 28.3. The predicted octanol–water partition coefficient (Wildman–Crippen LogP) is 4.21. The fourth-order valence-corrected chi connectivity index (χ4v) is 5.09. The van der Waals surface area contributed by atoms with Crippen molar-refractivity contribution in [3.63, 3.8) is 0 Å². The summed E-state index contributed by atoms with van der Waals surface area (Å²) in [6.45, 7) is 0. The summed E-state index contributed by atoms with van der Waals surface area (Å²) in [7, 11) is 0. The molecule has 0 unspecified atom stereocenters. The van der Waals surface area contributed by atoms with Crippen LogP contribution >= 0.6 is 0 Å². The van der Waals surface area contributed by atoms with Crippen molar-refractivity contribution >= 4 is 18.2 Å². The maximum atomic E-state index is 3.08. The molecule has 0 spiro atoms. The number of rotatable bonds is 6. The van der Waals surface area contributed by atoms with Gasteiger partial charge in [-0.15, -0.1) is 0 Å². The Balaban J connectivity index is 0.00000272. The summed E-state index contributed by atoms with van der Waals surface area (Å²) in [4.78, 5) is 0. The molecule has 4 rings (SSSR count). The second-order valence-electron chi connectivity index (χ2n) is 6.80. The van der Waals surface area contributed by atoms with Crippen molar-refractivity contribution in [2.75, 3.05) is 0 Å². The van der Waals surface area contributed by atoms with Crippen LogP contribution in [0.25, 0.3) is 18.2 Å². The number of hydrogen-bond acceptors (Lipinski definition) is 0. The van der Waals surface area contributed by atoms with Gasteiger partial charge in [0.15, 0.2) is 0 Å². The Morgan fingerprint density at radius 1 is 0.581 bits per heavy atom.